The first-order valence-corrected chi connectivity index (χ1v) is 9.31. The van der Waals surface area contributed by atoms with Crippen molar-refractivity contribution in [3.63, 3.8) is 0 Å². The van der Waals surface area contributed by atoms with E-state index in [0.29, 0.717) is 24.8 Å². The van der Waals surface area contributed by atoms with Crippen molar-refractivity contribution in [1.82, 2.24) is 10.3 Å². The lowest BCUT2D eigenvalue weighted by molar-refractivity contribution is 0.300. The van der Waals surface area contributed by atoms with Crippen LogP contribution < -0.4 is 14.8 Å². The molecule has 3 aromatic rings. The Morgan fingerprint density at radius 1 is 1.00 bits per heavy atom. The zero-order valence-electron chi connectivity index (χ0n) is 14.3. The standard InChI is InChI=1S/C20H22N2O2S/c1-2-12-23-18-9-3-4-10-19(18)24-20-16(7-5-11-22-20)14-21-15-17-8-6-13-25-17/h3-11,13,21H,2,12,14-15H2,1H3. The van der Waals surface area contributed by atoms with Gasteiger partial charge in [0.2, 0.25) is 5.88 Å². The number of nitrogens with one attached hydrogen (secondary N) is 1. The molecule has 0 aliphatic heterocycles. The van der Waals surface area contributed by atoms with Crippen molar-refractivity contribution in [3.8, 4) is 17.4 Å². The van der Waals surface area contributed by atoms with E-state index in [0.717, 1.165) is 24.3 Å². The second-order valence-corrected chi connectivity index (χ2v) is 6.58. The van der Waals surface area contributed by atoms with E-state index in [4.69, 9.17) is 9.47 Å². The SMILES string of the molecule is CCCOc1ccccc1Oc1ncccc1CNCc1cccs1. The van der Waals surface area contributed by atoms with Crippen LogP contribution in [-0.4, -0.2) is 11.6 Å². The Labute approximate surface area is 152 Å². The molecule has 2 heterocycles. The van der Waals surface area contributed by atoms with Crippen molar-refractivity contribution in [3.05, 3.63) is 70.5 Å². The number of pyridine rings is 1. The van der Waals surface area contributed by atoms with Crippen LogP contribution >= 0.6 is 11.3 Å². The van der Waals surface area contributed by atoms with Gasteiger partial charge in [0, 0.05) is 29.7 Å². The third-order valence-corrected chi connectivity index (χ3v) is 4.44. The summed E-state index contributed by atoms with van der Waals surface area (Å²) >= 11 is 1.75. The van der Waals surface area contributed by atoms with Crippen LogP contribution in [-0.2, 0) is 13.1 Å². The van der Waals surface area contributed by atoms with E-state index in [2.05, 4.69) is 34.7 Å². The molecule has 1 aromatic carbocycles. The first-order chi connectivity index (χ1) is 12.4. The van der Waals surface area contributed by atoms with Gasteiger partial charge in [-0.25, -0.2) is 4.98 Å². The molecular formula is C20H22N2O2S. The maximum Gasteiger partial charge on any atom is 0.223 e. The molecule has 0 aliphatic carbocycles. The van der Waals surface area contributed by atoms with Gasteiger partial charge in [-0.1, -0.05) is 31.2 Å². The average molecular weight is 354 g/mol. The highest BCUT2D eigenvalue weighted by atomic mass is 32.1. The largest absolute Gasteiger partial charge is 0.490 e. The first-order valence-electron chi connectivity index (χ1n) is 8.43. The molecule has 0 fully saturated rings. The van der Waals surface area contributed by atoms with Crippen LogP contribution in [0.25, 0.3) is 0 Å². The van der Waals surface area contributed by atoms with E-state index >= 15 is 0 Å². The first kappa shape index (κ1) is 17.5. The molecule has 5 heteroatoms. The molecule has 3 rings (SSSR count). The Morgan fingerprint density at radius 3 is 2.68 bits per heavy atom. The predicted molar refractivity (Wildman–Crippen MR) is 101 cm³/mol. The number of aromatic nitrogens is 1. The molecule has 25 heavy (non-hydrogen) atoms. The van der Waals surface area contributed by atoms with Gasteiger partial charge >= 0.3 is 0 Å². The Hall–Kier alpha value is -2.37. The number of nitrogens with zero attached hydrogens (tertiary/aromatic N) is 1. The fourth-order valence-electron chi connectivity index (χ4n) is 2.35. The van der Waals surface area contributed by atoms with E-state index < -0.39 is 0 Å². The smallest absolute Gasteiger partial charge is 0.223 e. The number of ether oxygens (including phenoxy) is 2. The van der Waals surface area contributed by atoms with Crippen molar-refractivity contribution in [2.75, 3.05) is 6.61 Å². The zero-order valence-corrected chi connectivity index (χ0v) is 15.1. The fraction of sp³-hybridized carbons (Fsp3) is 0.250. The lowest BCUT2D eigenvalue weighted by Crippen LogP contribution is -2.12. The molecule has 0 bridgehead atoms. The molecule has 0 radical (unpaired) electrons. The molecule has 0 amide bonds. The van der Waals surface area contributed by atoms with Gasteiger partial charge in [-0.2, -0.15) is 0 Å². The van der Waals surface area contributed by atoms with E-state index in [1.807, 2.05) is 36.4 Å². The van der Waals surface area contributed by atoms with Crippen molar-refractivity contribution in [2.24, 2.45) is 0 Å². The summed E-state index contributed by atoms with van der Waals surface area (Å²) in [6, 6.07) is 15.8. The van der Waals surface area contributed by atoms with Crippen LogP contribution in [0, 0.1) is 0 Å². The number of para-hydroxylation sites is 2. The molecule has 1 N–H and O–H groups in total. The maximum absolute atomic E-state index is 6.05. The normalized spacial score (nSPS) is 10.6. The molecule has 0 aliphatic rings. The van der Waals surface area contributed by atoms with Crippen LogP contribution in [0.5, 0.6) is 17.4 Å². The van der Waals surface area contributed by atoms with Gasteiger partial charge < -0.3 is 14.8 Å². The summed E-state index contributed by atoms with van der Waals surface area (Å²) < 4.78 is 11.8. The lowest BCUT2D eigenvalue weighted by atomic mass is 10.2. The summed E-state index contributed by atoms with van der Waals surface area (Å²) in [4.78, 5) is 5.71. The molecule has 0 saturated carbocycles. The second-order valence-electron chi connectivity index (χ2n) is 5.55. The van der Waals surface area contributed by atoms with Crippen LogP contribution in [0.1, 0.15) is 23.8 Å². The fourth-order valence-corrected chi connectivity index (χ4v) is 3.03. The minimum absolute atomic E-state index is 0.605. The summed E-state index contributed by atoms with van der Waals surface area (Å²) in [7, 11) is 0. The Balaban J connectivity index is 1.68. The number of hydrogen-bond donors (Lipinski definition) is 1. The van der Waals surface area contributed by atoms with Gasteiger partial charge in [0.1, 0.15) is 0 Å². The highest BCUT2D eigenvalue weighted by Crippen LogP contribution is 2.31. The number of hydrogen-bond acceptors (Lipinski definition) is 5. The van der Waals surface area contributed by atoms with Crippen LogP contribution in [0.2, 0.25) is 0 Å². The summed E-state index contributed by atoms with van der Waals surface area (Å²) in [5.41, 5.74) is 1.02. The average Bonchev–Trinajstić information content (AvgIpc) is 3.16. The van der Waals surface area contributed by atoms with Crippen molar-refractivity contribution in [1.29, 1.82) is 0 Å². The maximum atomic E-state index is 6.05. The van der Waals surface area contributed by atoms with Crippen LogP contribution in [0.3, 0.4) is 0 Å². The summed E-state index contributed by atoms with van der Waals surface area (Å²) in [6.45, 7) is 4.28. The quantitative estimate of drug-likeness (QED) is 0.586. The van der Waals surface area contributed by atoms with Gasteiger partial charge in [-0.05, 0) is 36.1 Å². The van der Waals surface area contributed by atoms with Crippen molar-refractivity contribution < 1.29 is 9.47 Å². The Kier molecular flexibility index (Phi) is 6.42. The Bertz CT molecular complexity index is 775. The molecular weight excluding hydrogens is 332 g/mol. The third kappa shape index (κ3) is 5.05. The Morgan fingerprint density at radius 2 is 1.88 bits per heavy atom. The van der Waals surface area contributed by atoms with Crippen LogP contribution in [0.4, 0.5) is 0 Å². The molecule has 130 valence electrons. The third-order valence-electron chi connectivity index (χ3n) is 3.56. The minimum Gasteiger partial charge on any atom is -0.490 e. The number of thiophene rings is 1. The molecule has 0 unspecified atom stereocenters. The number of rotatable bonds is 9. The summed E-state index contributed by atoms with van der Waals surface area (Å²) in [6.07, 6.45) is 2.70. The van der Waals surface area contributed by atoms with E-state index in [1.165, 1.54) is 4.88 Å². The van der Waals surface area contributed by atoms with Gasteiger partial charge in [0.15, 0.2) is 11.5 Å². The number of benzene rings is 1. The van der Waals surface area contributed by atoms with Crippen molar-refractivity contribution in [2.45, 2.75) is 26.4 Å². The highest BCUT2D eigenvalue weighted by molar-refractivity contribution is 7.09. The molecule has 4 nitrogen and oxygen atoms in total. The van der Waals surface area contributed by atoms with Gasteiger partial charge in [-0.3, -0.25) is 0 Å². The monoisotopic (exact) mass is 354 g/mol. The zero-order chi connectivity index (χ0) is 17.3. The van der Waals surface area contributed by atoms with Crippen molar-refractivity contribution >= 4 is 11.3 Å². The lowest BCUT2D eigenvalue weighted by Gasteiger charge is -2.14. The van der Waals surface area contributed by atoms with Gasteiger partial charge in [0.05, 0.1) is 6.61 Å². The predicted octanol–water partition coefficient (Wildman–Crippen LogP) is 5.01. The molecule has 0 saturated heterocycles. The summed E-state index contributed by atoms with van der Waals surface area (Å²) in [5.74, 6) is 2.04. The van der Waals surface area contributed by atoms with E-state index in [9.17, 15) is 0 Å². The van der Waals surface area contributed by atoms with Crippen LogP contribution in [0.15, 0.2) is 60.1 Å². The summed E-state index contributed by atoms with van der Waals surface area (Å²) in [5, 5.41) is 5.52. The minimum atomic E-state index is 0.605. The van der Waals surface area contributed by atoms with E-state index in [1.54, 1.807) is 17.5 Å². The van der Waals surface area contributed by atoms with E-state index in [-0.39, 0.29) is 0 Å². The molecule has 2 aromatic heterocycles. The molecule has 0 spiro atoms. The molecule has 0 atom stereocenters. The van der Waals surface area contributed by atoms with Gasteiger partial charge in [-0.15, -0.1) is 11.3 Å². The second kappa shape index (κ2) is 9.20. The highest BCUT2D eigenvalue weighted by Gasteiger charge is 2.10. The van der Waals surface area contributed by atoms with Gasteiger partial charge in [0.25, 0.3) is 0 Å². The topological polar surface area (TPSA) is 43.4 Å².